The molecule has 196 valence electrons. The van der Waals surface area contributed by atoms with Gasteiger partial charge in [0.15, 0.2) is 0 Å². The smallest absolute Gasteiger partial charge is 0.224 e. The first kappa shape index (κ1) is 27.0. The standard InChI is InChI=1S/C30H32ClN5O2/c1-22(34-26-11-13-28(14-12-26)36-18-20-38-21-19-36)33-17-16-29(32)24-5-9-27(10-6-24)35-30(37)15-4-23-2-7-25(31)8-3-23/h2-3,5-14,16-17,34H,1,4,15,18-21,32H2,(H,35,37)/b29-16-,33-17-. The predicted molar refractivity (Wildman–Crippen MR) is 158 cm³/mol. The second-order valence-corrected chi connectivity index (χ2v) is 9.31. The van der Waals surface area contributed by atoms with Gasteiger partial charge in [0.1, 0.15) is 5.82 Å². The maximum atomic E-state index is 12.3. The molecule has 1 heterocycles. The Morgan fingerprint density at radius 2 is 1.61 bits per heavy atom. The molecule has 1 amide bonds. The number of hydrogen-bond donors (Lipinski definition) is 3. The van der Waals surface area contributed by atoms with Crippen molar-refractivity contribution < 1.29 is 9.53 Å². The van der Waals surface area contributed by atoms with E-state index in [2.05, 4.69) is 39.2 Å². The zero-order chi connectivity index (χ0) is 26.7. The molecule has 0 bridgehead atoms. The van der Waals surface area contributed by atoms with Crippen molar-refractivity contribution >= 4 is 46.5 Å². The highest BCUT2D eigenvalue weighted by molar-refractivity contribution is 6.30. The van der Waals surface area contributed by atoms with Gasteiger partial charge in [-0.2, -0.15) is 0 Å². The lowest BCUT2D eigenvalue weighted by Crippen LogP contribution is -2.36. The van der Waals surface area contributed by atoms with Crippen molar-refractivity contribution in [3.8, 4) is 0 Å². The Morgan fingerprint density at radius 1 is 0.974 bits per heavy atom. The molecule has 8 heteroatoms. The molecular formula is C30H32ClN5O2. The maximum Gasteiger partial charge on any atom is 0.224 e. The summed E-state index contributed by atoms with van der Waals surface area (Å²) in [5.41, 5.74) is 11.5. The van der Waals surface area contributed by atoms with Crippen LogP contribution in [-0.4, -0.2) is 38.4 Å². The third-order valence-electron chi connectivity index (χ3n) is 6.07. The van der Waals surface area contributed by atoms with Crippen molar-refractivity contribution in [2.45, 2.75) is 12.8 Å². The van der Waals surface area contributed by atoms with Crippen LogP contribution in [0.4, 0.5) is 17.1 Å². The minimum Gasteiger partial charge on any atom is -0.398 e. The average molecular weight is 530 g/mol. The number of halogens is 1. The third kappa shape index (κ3) is 8.23. The Balaban J connectivity index is 1.23. The van der Waals surface area contributed by atoms with E-state index in [-0.39, 0.29) is 5.91 Å². The van der Waals surface area contributed by atoms with Gasteiger partial charge in [-0.25, -0.2) is 4.99 Å². The number of benzene rings is 3. The number of anilines is 3. The van der Waals surface area contributed by atoms with E-state index in [1.54, 1.807) is 12.3 Å². The molecule has 38 heavy (non-hydrogen) atoms. The molecule has 0 atom stereocenters. The topological polar surface area (TPSA) is 92.0 Å². The van der Waals surface area contributed by atoms with E-state index in [0.29, 0.717) is 35.1 Å². The van der Waals surface area contributed by atoms with Crippen LogP contribution in [0.25, 0.3) is 5.70 Å². The van der Waals surface area contributed by atoms with E-state index >= 15 is 0 Å². The minimum absolute atomic E-state index is 0.0508. The summed E-state index contributed by atoms with van der Waals surface area (Å²) in [4.78, 5) is 18.9. The Morgan fingerprint density at radius 3 is 2.29 bits per heavy atom. The fourth-order valence-electron chi connectivity index (χ4n) is 3.96. The molecule has 0 aliphatic carbocycles. The van der Waals surface area contributed by atoms with Gasteiger partial charge in [-0.3, -0.25) is 4.79 Å². The Bertz CT molecular complexity index is 1280. The molecule has 0 radical (unpaired) electrons. The summed E-state index contributed by atoms with van der Waals surface area (Å²) in [6.45, 7) is 7.28. The molecule has 7 nitrogen and oxygen atoms in total. The van der Waals surface area contributed by atoms with E-state index in [0.717, 1.165) is 43.1 Å². The number of carbonyl (C=O) groups excluding carboxylic acids is 1. The van der Waals surface area contributed by atoms with E-state index in [4.69, 9.17) is 22.1 Å². The average Bonchev–Trinajstić information content (AvgIpc) is 2.94. The molecule has 4 rings (SSSR count). The van der Waals surface area contributed by atoms with E-state index < -0.39 is 0 Å². The van der Waals surface area contributed by atoms with Gasteiger partial charge in [-0.1, -0.05) is 42.4 Å². The van der Waals surface area contributed by atoms with Gasteiger partial charge < -0.3 is 26.0 Å². The van der Waals surface area contributed by atoms with Gasteiger partial charge >= 0.3 is 0 Å². The Kier molecular flexibility index (Phi) is 9.56. The highest BCUT2D eigenvalue weighted by Gasteiger charge is 2.10. The summed E-state index contributed by atoms with van der Waals surface area (Å²) in [6.07, 6.45) is 4.36. The molecule has 3 aromatic carbocycles. The van der Waals surface area contributed by atoms with E-state index in [1.165, 1.54) is 5.69 Å². The summed E-state index contributed by atoms with van der Waals surface area (Å²) in [7, 11) is 0. The van der Waals surface area contributed by atoms with Gasteiger partial charge in [0.25, 0.3) is 0 Å². The van der Waals surface area contributed by atoms with Gasteiger partial charge in [-0.15, -0.1) is 0 Å². The van der Waals surface area contributed by atoms with Crippen LogP contribution in [0.3, 0.4) is 0 Å². The molecular weight excluding hydrogens is 498 g/mol. The first-order chi connectivity index (χ1) is 18.5. The van der Waals surface area contributed by atoms with Gasteiger partial charge in [0.05, 0.1) is 13.2 Å². The quantitative estimate of drug-likeness (QED) is 0.293. The van der Waals surface area contributed by atoms with Crippen LogP contribution in [0.15, 0.2) is 96.3 Å². The summed E-state index contributed by atoms with van der Waals surface area (Å²) in [5.74, 6) is 0.454. The fourth-order valence-corrected chi connectivity index (χ4v) is 4.08. The molecule has 1 aliphatic rings. The van der Waals surface area contributed by atoms with Crippen molar-refractivity contribution in [2.24, 2.45) is 10.7 Å². The summed E-state index contributed by atoms with van der Waals surface area (Å²) < 4.78 is 5.41. The van der Waals surface area contributed by atoms with Crippen LogP contribution in [0, 0.1) is 0 Å². The molecule has 1 aliphatic heterocycles. The number of ether oxygens (including phenoxy) is 1. The number of carbonyl (C=O) groups is 1. The van der Waals surface area contributed by atoms with Crippen LogP contribution in [0.5, 0.6) is 0 Å². The van der Waals surface area contributed by atoms with Crippen LogP contribution in [0.1, 0.15) is 17.5 Å². The van der Waals surface area contributed by atoms with Gasteiger partial charge in [0, 0.05) is 53.5 Å². The second kappa shape index (κ2) is 13.5. The van der Waals surface area contributed by atoms with E-state index in [9.17, 15) is 4.79 Å². The lowest BCUT2D eigenvalue weighted by atomic mass is 10.1. The summed E-state index contributed by atoms with van der Waals surface area (Å²) in [6, 6.07) is 23.1. The van der Waals surface area contributed by atoms with Crippen LogP contribution >= 0.6 is 11.6 Å². The second-order valence-electron chi connectivity index (χ2n) is 8.87. The number of nitrogens with two attached hydrogens (primary N) is 1. The van der Waals surface area contributed by atoms with Gasteiger partial charge in [-0.05, 0) is 72.2 Å². The molecule has 1 saturated heterocycles. The number of rotatable bonds is 10. The number of amides is 1. The van der Waals surface area contributed by atoms with Crippen molar-refractivity contribution in [3.05, 3.63) is 107 Å². The summed E-state index contributed by atoms with van der Waals surface area (Å²) in [5, 5.41) is 6.78. The molecule has 1 fully saturated rings. The lowest BCUT2D eigenvalue weighted by Gasteiger charge is -2.28. The van der Waals surface area contributed by atoms with Crippen molar-refractivity contribution in [3.63, 3.8) is 0 Å². The molecule has 4 N–H and O–H groups in total. The van der Waals surface area contributed by atoms with Crippen LogP contribution in [0.2, 0.25) is 5.02 Å². The molecule has 0 unspecified atom stereocenters. The number of nitrogens with one attached hydrogen (secondary N) is 2. The van der Waals surface area contributed by atoms with Crippen molar-refractivity contribution in [1.29, 1.82) is 0 Å². The zero-order valence-electron chi connectivity index (χ0n) is 21.2. The fraction of sp³-hybridized carbons (Fsp3) is 0.200. The predicted octanol–water partition coefficient (Wildman–Crippen LogP) is 5.70. The Hall–Kier alpha value is -4.07. The van der Waals surface area contributed by atoms with Crippen molar-refractivity contribution in [1.82, 2.24) is 0 Å². The number of aliphatic imine (C=N–C) groups is 1. The highest BCUT2D eigenvalue weighted by Crippen LogP contribution is 2.20. The molecule has 0 aromatic heterocycles. The van der Waals surface area contributed by atoms with Crippen molar-refractivity contribution in [2.75, 3.05) is 41.8 Å². The molecule has 3 aromatic rings. The molecule has 0 saturated carbocycles. The summed E-state index contributed by atoms with van der Waals surface area (Å²) >= 11 is 5.90. The number of nitrogens with zero attached hydrogens (tertiary/aromatic N) is 2. The number of aryl methyl sites for hydroxylation is 1. The number of morpholine rings is 1. The number of hydrogen-bond acceptors (Lipinski definition) is 6. The normalized spacial score (nSPS) is 13.9. The van der Waals surface area contributed by atoms with Gasteiger partial charge in [0.2, 0.25) is 5.91 Å². The zero-order valence-corrected chi connectivity index (χ0v) is 22.0. The highest BCUT2D eigenvalue weighted by atomic mass is 35.5. The van der Waals surface area contributed by atoms with E-state index in [1.807, 2.05) is 60.7 Å². The molecule has 0 spiro atoms. The Labute approximate surface area is 228 Å². The first-order valence-corrected chi connectivity index (χ1v) is 12.9. The number of allylic oxidation sites excluding steroid dienone is 1. The monoisotopic (exact) mass is 529 g/mol. The van der Waals surface area contributed by atoms with Crippen LogP contribution in [-0.2, 0) is 16.0 Å². The third-order valence-corrected chi connectivity index (χ3v) is 6.32. The maximum absolute atomic E-state index is 12.3. The first-order valence-electron chi connectivity index (χ1n) is 12.5. The lowest BCUT2D eigenvalue weighted by molar-refractivity contribution is -0.116. The van der Waals surface area contributed by atoms with Crippen LogP contribution < -0.4 is 21.3 Å². The minimum atomic E-state index is -0.0508. The SMILES string of the molecule is C=C(/N=C\C=C(/N)c1ccc(NC(=O)CCc2ccc(Cl)cc2)cc1)Nc1ccc(N2CCOCC2)cc1. The largest absolute Gasteiger partial charge is 0.398 e.